The van der Waals surface area contributed by atoms with E-state index in [4.69, 9.17) is 4.74 Å². The van der Waals surface area contributed by atoms with Gasteiger partial charge in [-0.15, -0.1) is 0 Å². The second kappa shape index (κ2) is 12.5. The van der Waals surface area contributed by atoms with Crippen LogP contribution in [0.25, 0.3) is 0 Å². The Bertz CT molecular complexity index is 1110. The fraction of sp³-hybridized carbons (Fsp3) is 0.571. The van der Waals surface area contributed by atoms with E-state index in [-0.39, 0.29) is 18.0 Å². The van der Waals surface area contributed by atoms with Crippen LogP contribution < -0.4 is 15.8 Å². The summed E-state index contributed by atoms with van der Waals surface area (Å²) in [7, 11) is 3.87. The molecule has 1 aliphatic carbocycles. The Hall–Kier alpha value is -2.71. The van der Waals surface area contributed by atoms with E-state index in [1.165, 1.54) is 6.07 Å². The van der Waals surface area contributed by atoms with E-state index >= 15 is 0 Å². The van der Waals surface area contributed by atoms with E-state index in [9.17, 15) is 14.0 Å². The number of hydrogen-bond acceptors (Lipinski definition) is 5. The van der Waals surface area contributed by atoms with Gasteiger partial charge in [-0.3, -0.25) is 9.59 Å². The number of nitrogens with one attached hydrogen (secondary N) is 2. The number of aromatic amines is 1. The van der Waals surface area contributed by atoms with Crippen LogP contribution in [0.1, 0.15) is 65.3 Å². The van der Waals surface area contributed by atoms with Crippen molar-refractivity contribution in [2.45, 2.75) is 72.0 Å². The van der Waals surface area contributed by atoms with Crippen LogP contribution in [0, 0.1) is 26.6 Å². The van der Waals surface area contributed by atoms with Crippen LogP contribution in [0.15, 0.2) is 23.0 Å². The number of pyridine rings is 1. The molecule has 7 nitrogen and oxygen atoms in total. The molecule has 2 N–H and O–H groups in total. The van der Waals surface area contributed by atoms with Crippen LogP contribution in [0.4, 0.5) is 10.1 Å². The van der Waals surface area contributed by atoms with E-state index in [2.05, 4.69) is 34.1 Å². The van der Waals surface area contributed by atoms with E-state index < -0.39 is 5.82 Å². The van der Waals surface area contributed by atoms with Crippen molar-refractivity contribution < 1.29 is 13.9 Å². The van der Waals surface area contributed by atoms with Gasteiger partial charge >= 0.3 is 0 Å². The maximum absolute atomic E-state index is 14.8. The van der Waals surface area contributed by atoms with Crippen LogP contribution in [0.2, 0.25) is 0 Å². The minimum Gasteiger partial charge on any atom is -0.383 e. The zero-order valence-corrected chi connectivity index (χ0v) is 22.5. The number of methoxy groups -OCH3 is 1. The SMILES string of the molecule is CCN(c1cc(F)cc(C(=O)NCc2c(C)cc(C)[nH]c2=O)c1C)C1CCC(N(C)CCOC)CC1. The largest absolute Gasteiger partial charge is 0.383 e. The molecule has 198 valence electrons. The lowest BCUT2D eigenvalue weighted by Crippen LogP contribution is -2.44. The molecule has 36 heavy (non-hydrogen) atoms. The Labute approximate surface area is 214 Å². The minimum atomic E-state index is -0.434. The Morgan fingerprint density at radius 3 is 2.42 bits per heavy atom. The zero-order chi connectivity index (χ0) is 26.4. The van der Waals surface area contributed by atoms with Gasteiger partial charge in [-0.2, -0.15) is 0 Å². The van der Waals surface area contributed by atoms with E-state index in [1.807, 2.05) is 26.8 Å². The van der Waals surface area contributed by atoms with Crippen molar-refractivity contribution >= 4 is 11.6 Å². The van der Waals surface area contributed by atoms with Crippen molar-refractivity contribution in [1.82, 2.24) is 15.2 Å². The quantitative estimate of drug-likeness (QED) is 0.514. The minimum absolute atomic E-state index is 0.0870. The van der Waals surface area contributed by atoms with Gasteiger partial charge in [-0.25, -0.2) is 4.39 Å². The number of H-pyrrole nitrogens is 1. The molecule has 0 radical (unpaired) electrons. The fourth-order valence-electron chi connectivity index (χ4n) is 5.42. The molecule has 1 aromatic carbocycles. The van der Waals surface area contributed by atoms with E-state index in [0.29, 0.717) is 23.2 Å². The lowest BCUT2D eigenvalue weighted by Gasteiger charge is -2.41. The number of aryl methyl sites for hydroxylation is 2. The van der Waals surface area contributed by atoms with Crippen molar-refractivity contribution in [2.24, 2.45) is 0 Å². The molecule has 0 bridgehead atoms. The van der Waals surface area contributed by atoms with Gasteiger partial charge < -0.3 is 24.8 Å². The Kier molecular flexibility index (Phi) is 9.68. The molecular weight excluding hydrogens is 459 g/mol. The summed E-state index contributed by atoms with van der Waals surface area (Å²) < 4.78 is 20.0. The summed E-state index contributed by atoms with van der Waals surface area (Å²) in [6, 6.07) is 5.53. The molecule has 3 rings (SSSR count). The number of aromatic nitrogens is 1. The first kappa shape index (κ1) is 27.9. The highest BCUT2D eigenvalue weighted by Crippen LogP contribution is 2.33. The molecule has 0 saturated heterocycles. The molecule has 0 aliphatic heterocycles. The monoisotopic (exact) mass is 500 g/mol. The summed E-state index contributed by atoms with van der Waals surface area (Å²) in [5.41, 5.74) is 3.70. The number of carbonyl (C=O) groups is 1. The molecule has 0 spiro atoms. The van der Waals surface area contributed by atoms with Gasteiger partial charge in [0.2, 0.25) is 0 Å². The Morgan fingerprint density at radius 1 is 1.14 bits per heavy atom. The number of halogens is 1. The molecule has 1 saturated carbocycles. The van der Waals surface area contributed by atoms with Gasteiger partial charge in [0.15, 0.2) is 0 Å². The molecule has 2 aromatic rings. The van der Waals surface area contributed by atoms with Crippen LogP contribution in [-0.4, -0.2) is 61.7 Å². The summed E-state index contributed by atoms with van der Waals surface area (Å²) in [5.74, 6) is -0.816. The van der Waals surface area contributed by atoms with E-state index in [0.717, 1.165) is 67.9 Å². The number of likely N-dealkylation sites (N-methyl/N-ethyl adjacent to an activating group) is 1. The van der Waals surface area contributed by atoms with Crippen LogP contribution in [0.5, 0.6) is 0 Å². The average molecular weight is 501 g/mol. The first-order valence-electron chi connectivity index (χ1n) is 12.9. The van der Waals surface area contributed by atoms with E-state index in [1.54, 1.807) is 13.2 Å². The topological polar surface area (TPSA) is 77.7 Å². The van der Waals surface area contributed by atoms with Crippen LogP contribution in [0.3, 0.4) is 0 Å². The molecule has 1 amide bonds. The third kappa shape index (κ3) is 6.53. The van der Waals surface area contributed by atoms with Crippen molar-refractivity contribution in [3.63, 3.8) is 0 Å². The molecule has 8 heteroatoms. The van der Waals surface area contributed by atoms with Crippen molar-refractivity contribution in [1.29, 1.82) is 0 Å². The normalized spacial score (nSPS) is 17.9. The van der Waals surface area contributed by atoms with Crippen LogP contribution >= 0.6 is 0 Å². The van der Waals surface area contributed by atoms with Gasteiger partial charge in [0.05, 0.1) is 6.61 Å². The van der Waals surface area contributed by atoms with Gasteiger partial charge in [0.1, 0.15) is 5.82 Å². The Morgan fingerprint density at radius 2 is 1.81 bits per heavy atom. The smallest absolute Gasteiger partial charge is 0.253 e. The fourth-order valence-corrected chi connectivity index (χ4v) is 5.42. The van der Waals surface area contributed by atoms with Crippen LogP contribution in [-0.2, 0) is 11.3 Å². The summed E-state index contributed by atoms with van der Waals surface area (Å²) in [4.78, 5) is 32.8. The highest BCUT2D eigenvalue weighted by molar-refractivity contribution is 5.97. The van der Waals surface area contributed by atoms with Gasteiger partial charge in [0, 0.05) is 61.3 Å². The zero-order valence-electron chi connectivity index (χ0n) is 22.5. The second-order valence-electron chi connectivity index (χ2n) is 9.94. The predicted octanol–water partition coefficient (Wildman–Crippen LogP) is 4.08. The average Bonchev–Trinajstić information content (AvgIpc) is 2.84. The Balaban J connectivity index is 1.75. The molecular formula is C28H41FN4O3. The predicted molar refractivity (Wildman–Crippen MR) is 142 cm³/mol. The number of benzene rings is 1. The van der Waals surface area contributed by atoms with Crippen molar-refractivity contribution in [2.75, 3.05) is 38.8 Å². The molecule has 0 atom stereocenters. The molecule has 1 fully saturated rings. The van der Waals surface area contributed by atoms with Crippen molar-refractivity contribution in [3.8, 4) is 0 Å². The summed E-state index contributed by atoms with van der Waals surface area (Å²) in [6.07, 6.45) is 4.19. The summed E-state index contributed by atoms with van der Waals surface area (Å²) >= 11 is 0. The number of nitrogens with zero attached hydrogens (tertiary/aromatic N) is 2. The number of anilines is 1. The first-order chi connectivity index (χ1) is 17.2. The molecule has 0 unspecified atom stereocenters. The summed E-state index contributed by atoms with van der Waals surface area (Å²) in [5, 5.41) is 2.82. The number of hydrogen-bond donors (Lipinski definition) is 2. The molecule has 1 heterocycles. The lowest BCUT2D eigenvalue weighted by atomic mass is 9.88. The number of rotatable bonds is 10. The highest BCUT2D eigenvalue weighted by Gasteiger charge is 2.29. The third-order valence-electron chi connectivity index (χ3n) is 7.54. The maximum Gasteiger partial charge on any atom is 0.253 e. The highest BCUT2D eigenvalue weighted by atomic mass is 19.1. The third-order valence-corrected chi connectivity index (χ3v) is 7.54. The second-order valence-corrected chi connectivity index (χ2v) is 9.94. The van der Waals surface area contributed by atoms with Gasteiger partial charge in [0.25, 0.3) is 11.5 Å². The first-order valence-corrected chi connectivity index (χ1v) is 12.9. The number of amides is 1. The maximum atomic E-state index is 14.8. The molecule has 1 aromatic heterocycles. The van der Waals surface area contributed by atoms with Crippen molar-refractivity contribution in [3.05, 3.63) is 62.3 Å². The van der Waals surface area contributed by atoms with Gasteiger partial charge in [-0.05, 0) is 89.8 Å². The number of carbonyl (C=O) groups excluding carboxylic acids is 1. The standard InChI is InChI=1S/C28H41FN4O3/c1-7-33(23-10-8-22(9-11-23)32(5)12-13-36-6)26-16-21(29)15-24(20(26)4)27(34)30-17-25-18(2)14-19(3)31-28(25)35/h14-16,22-23H,7-13,17H2,1-6H3,(H,30,34)(H,31,35). The van der Waals surface area contributed by atoms with Gasteiger partial charge in [-0.1, -0.05) is 0 Å². The lowest BCUT2D eigenvalue weighted by molar-refractivity contribution is 0.0949. The molecule has 1 aliphatic rings. The number of ether oxygens (including phenoxy) is 1. The summed E-state index contributed by atoms with van der Waals surface area (Å²) in [6.45, 7) is 10.1.